The van der Waals surface area contributed by atoms with Crippen molar-refractivity contribution < 1.29 is 22.5 Å². The highest BCUT2D eigenvalue weighted by Gasteiger charge is 2.39. The van der Waals surface area contributed by atoms with Crippen molar-refractivity contribution in [3.63, 3.8) is 0 Å². The number of anilines is 1. The molecular weight excluding hydrogens is 377 g/mol. The molecule has 0 amide bonds. The summed E-state index contributed by atoms with van der Waals surface area (Å²) >= 11 is 0. The van der Waals surface area contributed by atoms with Crippen molar-refractivity contribution >= 4 is 21.1 Å². The molecule has 1 atom stereocenters. The van der Waals surface area contributed by atoms with Crippen molar-refractivity contribution in [3.8, 4) is 0 Å². The van der Waals surface area contributed by atoms with Crippen molar-refractivity contribution in [2.75, 3.05) is 18.1 Å². The number of hydrogen-bond donors (Lipinski definition) is 0. The molecule has 0 aliphatic carbocycles. The van der Waals surface area contributed by atoms with Crippen LogP contribution < -0.4 is 4.90 Å². The van der Waals surface area contributed by atoms with Crippen LogP contribution in [-0.4, -0.2) is 33.9 Å². The summed E-state index contributed by atoms with van der Waals surface area (Å²) in [7, 11) is -0.788. The van der Waals surface area contributed by atoms with Gasteiger partial charge >= 0.3 is 6.18 Å². The Balaban J connectivity index is 2.16. The maximum Gasteiger partial charge on any atom is 0.423 e. The van der Waals surface area contributed by atoms with Crippen LogP contribution in [-0.2, 0) is 10.6 Å². The summed E-state index contributed by atoms with van der Waals surface area (Å²) in [6, 6.07) is 3.25. The van der Waals surface area contributed by atoms with Gasteiger partial charge in [0.05, 0.1) is 17.6 Å². The van der Waals surface area contributed by atoms with E-state index in [0.717, 1.165) is 25.0 Å². The number of alkyl halides is 3. The van der Waals surface area contributed by atoms with Crippen molar-refractivity contribution in [2.24, 2.45) is 5.92 Å². The summed E-state index contributed by atoms with van der Waals surface area (Å²) in [4.78, 5) is 11.8. The Hall–Kier alpha value is -1.61. The Morgan fingerprint density at radius 1 is 1.37 bits per heavy atom. The van der Waals surface area contributed by atoms with Crippen molar-refractivity contribution in [3.05, 3.63) is 33.9 Å². The van der Waals surface area contributed by atoms with E-state index in [0.29, 0.717) is 24.8 Å². The van der Waals surface area contributed by atoms with Gasteiger partial charge in [-0.15, -0.1) is 0 Å². The first-order valence-corrected chi connectivity index (χ1v) is 10.4. The van der Waals surface area contributed by atoms with Crippen LogP contribution >= 0.6 is 0 Å². The maximum absolute atomic E-state index is 13.2. The topological polar surface area (TPSA) is 55.6 Å². The zero-order valence-corrected chi connectivity index (χ0v) is 17.6. The summed E-state index contributed by atoms with van der Waals surface area (Å²) in [5.74, 6) is 0.507. The second kappa shape index (κ2) is 8.18. The van der Waals surface area contributed by atoms with E-state index in [-0.39, 0.29) is 11.1 Å². The largest absolute Gasteiger partial charge is 0.423 e. The maximum atomic E-state index is 13.2. The van der Waals surface area contributed by atoms with E-state index in [1.165, 1.54) is 6.07 Å². The minimum absolute atomic E-state index is 0.00278. The molecule has 0 radical (unpaired) electrons. The number of nitrogens with zero attached hydrogens (tertiary/aromatic N) is 2. The molecular formula is C18H27F3N2O3Si. The van der Waals surface area contributed by atoms with E-state index in [1.807, 2.05) is 4.90 Å². The second-order valence-corrected chi connectivity index (χ2v) is 10.6. The SMILES string of the molecule is CC(C)C(C)(C)[SiH2]OC[C@H]1CCCN1c1ccc([N+](=O)[O-])c(C(F)(F)F)c1. The standard InChI is InChI=1S/C18H27F3N2O3Si/c1-12(2)17(3,4)27-26-11-14-6-5-9-22(14)13-7-8-16(23(24)25)15(10-13)18(19,20)21/h7-8,10,12,14H,5-6,9,11,27H2,1-4H3/t14-/m1/s1. The molecule has 27 heavy (non-hydrogen) atoms. The molecule has 1 heterocycles. The molecule has 1 saturated heterocycles. The fraction of sp³-hybridized carbons (Fsp3) is 0.667. The first-order chi connectivity index (χ1) is 12.4. The molecule has 0 unspecified atom stereocenters. The lowest BCUT2D eigenvalue weighted by Gasteiger charge is -2.31. The molecule has 0 bridgehead atoms. The molecule has 1 aromatic carbocycles. The van der Waals surface area contributed by atoms with Gasteiger partial charge in [-0.2, -0.15) is 13.2 Å². The number of rotatable bonds is 7. The lowest BCUT2D eigenvalue weighted by Crippen LogP contribution is -2.35. The van der Waals surface area contributed by atoms with Crippen LogP contribution in [0.4, 0.5) is 24.5 Å². The van der Waals surface area contributed by atoms with Crippen LogP contribution in [0, 0.1) is 16.0 Å². The molecule has 0 N–H and O–H groups in total. The third-order valence-electron chi connectivity index (χ3n) is 5.54. The molecule has 2 rings (SSSR count). The van der Waals surface area contributed by atoms with E-state index >= 15 is 0 Å². The Morgan fingerprint density at radius 2 is 2.04 bits per heavy atom. The van der Waals surface area contributed by atoms with Crippen LogP contribution in [0.5, 0.6) is 0 Å². The minimum Gasteiger partial charge on any atom is -0.421 e. The zero-order valence-electron chi connectivity index (χ0n) is 16.2. The van der Waals surface area contributed by atoms with E-state index in [2.05, 4.69) is 27.7 Å². The van der Waals surface area contributed by atoms with Gasteiger partial charge in [0.1, 0.15) is 5.56 Å². The summed E-state index contributed by atoms with van der Waals surface area (Å²) in [6.07, 6.45) is -3.06. The molecule has 9 heteroatoms. The average Bonchev–Trinajstić information content (AvgIpc) is 3.01. The van der Waals surface area contributed by atoms with Gasteiger partial charge in [-0.25, -0.2) is 0 Å². The fourth-order valence-electron chi connectivity index (χ4n) is 3.06. The van der Waals surface area contributed by atoms with Gasteiger partial charge in [0.25, 0.3) is 5.69 Å². The van der Waals surface area contributed by atoms with Crippen molar-refractivity contribution in [1.29, 1.82) is 0 Å². The lowest BCUT2D eigenvalue weighted by molar-refractivity contribution is -0.388. The van der Waals surface area contributed by atoms with Crippen LogP contribution in [0.1, 0.15) is 46.1 Å². The van der Waals surface area contributed by atoms with E-state index in [9.17, 15) is 23.3 Å². The van der Waals surface area contributed by atoms with Gasteiger partial charge in [0.2, 0.25) is 0 Å². The molecule has 1 aliphatic heterocycles. The minimum atomic E-state index is -4.77. The highest BCUT2D eigenvalue weighted by molar-refractivity contribution is 6.32. The number of nitro benzene ring substituents is 1. The monoisotopic (exact) mass is 404 g/mol. The highest BCUT2D eigenvalue weighted by atomic mass is 28.2. The number of nitro groups is 1. The summed E-state index contributed by atoms with van der Waals surface area (Å²) < 4.78 is 45.7. The van der Waals surface area contributed by atoms with Crippen LogP contribution in [0.2, 0.25) is 5.04 Å². The van der Waals surface area contributed by atoms with Crippen molar-refractivity contribution in [2.45, 2.75) is 57.8 Å². The quantitative estimate of drug-likeness (QED) is 0.380. The third-order valence-corrected chi connectivity index (χ3v) is 7.54. The van der Waals surface area contributed by atoms with Gasteiger partial charge in [-0.3, -0.25) is 10.1 Å². The molecule has 5 nitrogen and oxygen atoms in total. The van der Waals surface area contributed by atoms with Gasteiger partial charge in [0.15, 0.2) is 9.76 Å². The summed E-state index contributed by atoms with van der Waals surface area (Å²) in [5, 5.41) is 11.1. The number of hydrogen-bond acceptors (Lipinski definition) is 4. The average molecular weight is 405 g/mol. The zero-order chi connectivity index (χ0) is 20.4. The lowest BCUT2D eigenvalue weighted by atomic mass is 9.99. The molecule has 1 fully saturated rings. The smallest absolute Gasteiger partial charge is 0.421 e. The molecule has 152 valence electrons. The molecule has 0 saturated carbocycles. The van der Waals surface area contributed by atoms with Gasteiger partial charge < -0.3 is 9.33 Å². The Bertz CT molecular complexity index is 680. The Morgan fingerprint density at radius 3 is 2.59 bits per heavy atom. The molecule has 1 aromatic rings. The predicted octanol–water partition coefficient (Wildman–Crippen LogP) is 4.54. The predicted molar refractivity (Wildman–Crippen MR) is 102 cm³/mol. The summed E-state index contributed by atoms with van der Waals surface area (Å²) in [6.45, 7) is 9.80. The van der Waals surface area contributed by atoms with Crippen LogP contribution in [0.15, 0.2) is 18.2 Å². The van der Waals surface area contributed by atoms with Crippen molar-refractivity contribution in [1.82, 2.24) is 0 Å². The number of halogens is 3. The van der Waals surface area contributed by atoms with Crippen LogP contribution in [0.3, 0.4) is 0 Å². The first-order valence-electron chi connectivity index (χ1n) is 9.13. The Labute approximate surface area is 160 Å². The van der Waals surface area contributed by atoms with Crippen LogP contribution in [0.25, 0.3) is 0 Å². The van der Waals surface area contributed by atoms with Gasteiger partial charge in [-0.1, -0.05) is 27.7 Å². The summed E-state index contributed by atoms with van der Waals surface area (Å²) in [5.41, 5.74) is -1.75. The van der Waals surface area contributed by atoms with E-state index in [1.54, 1.807) is 0 Å². The fourth-order valence-corrected chi connectivity index (χ4v) is 4.31. The second-order valence-electron chi connectivity index (χ2n) is 8.10. The first kappa shape index (κ1) is 21.7. The molecule has 0 aromatic heterocycles. The Kier molecular flexibility index (Phi) is 6.57. The van der Waals surface area contributed by atoms with Gasteiger partial charge in [-0.05, 0) is 35.9 Å². The van der Waals surface area contributed by atoms with E-state index in [4.69, 9.17) is 4.43 Å². The molecule has 1 aliphatic rings. The highest BCUT2D eigenvalue weighted by Crippen LogP contribution is 2.39. The molecule has 0 spiro atoms. The van der Waals surface area contributed by atoms with Gasteiger partial charge in [0, 0.05) is 18.3 Å². The number of benzene rings is 1. The normalized spacial score (nSPS) is 18.8. The van der Waals surface area contributed by atoms with E-state index < -0.39 is 32.1 Å². The third kappa shape index (κ3) is 5.22.